The van der Waals surface area contributed by atoms with E-state index in [1.807, 2.05) is 25.8 Å². The third kappa shape index (κ3) is 3.71. The van der Waals surface area contributed by atoms with E-state index in [4.69, 9.17) is 16.7 Å². The summed E-state index contributed by atoms with van der Waals surface area (Å²) in [5.41, 5.74) is 1.63. The summed E-state index contributed by atoms with van der Waals surface area (Å²) >= 11 is 6.14. The first-order valence-electron chi connectivity index (χ1n) is 5.57. The third-order valence-electron chi connectivity index (χ3n) is 2.53. The number of carboxylic acid groups (broad SMARTS) is 1. The molecule has 96 valence electrons. The molecule has 0 radical (unpaired) electrons. The highest BCUT2D eigenvalue weighted by molar-refractivity contribution is 6.31. The molecule has 0 aliphatic carbocycles. The van der Waals surface area contributed by atoms with Gasteiger partial charge < -0.3 is 5.11 Å². The Bertz CT molecular complexity index is 404. The minimum atomic E-state index is -0.825. The van der Waals surface area contributed by atoms with Crippen LogP contribution in [0.2, 0.25) is 5.02 Å². The van der Waals surface area contributed by atoms with Crippen LogP contribution in [-0.2, 0) is 18.4 Å². The Labute approximate surface area is 106 Å². The van der Waals surface area contributed by atoms with Crippen LogP contribution in [0.4, 0.5) is 0 Å². The summed E-state index contributed by atoms with van der Waals surface area (Å²) in [6.45, 7) is 5.12. The predicted octanol–water partition coefficient (Wildman–Crippen LogP) is 1.68. The monoisotopic (exact) mass is 259 g/mol. The van der Waals surface area contributed by atoms with Gasteiger partial charge in [0.25, 0.3) is 0 Å². The average Bonchev–Trinajstić information content (AvgIpc) is 2.44. The molecular formula is C11H18ClN3O2. The zero-order valence-corrected chi connectivity index (χ0v) is 11.2. The normalized spacial score (nSPS) is 11.1. The van der Waals surface area contributed by atoms with Crippen molar-refractivity contribution in [3.63, 3.8) is 0 Å². The molecule has 1 aromatic heterocycles. The van der Waals surface area contributed by atoms with E-state index in [9.17, 15) is 4.79 Å². The van der Waals surface area contributed by atoms with Crippen LogP contribution in [0, 0.1) is 6.92 Å². The lowest BCUT2D eigenvalue weighted by Crippen LogP contribution is -2.30. The molecule has 1 rings (SSSR count). The minimum absolute atomic E-state index is 0.0222. The third-order valence-corrected chi connectivity index (χ3v) is 3.03. The smallest absolute Gasteiger partial charge is 0.317 e. The number of hydrogen-bond donors (Lipinski definition) is 1. The van der Waals surface area contributed by atoms with E-state index in [0.717, 1.165) is 24.4 Å². The second-order valence-electron chi connectivity index (χ2n) is 4.07. The quantitative estimate of drug-likeness (QED) is 0.845. The molecule has 17 heavy (non-hydrogen) atoms. The van der Waals surface area contributed by atoms with Gasteiger partial charge in [-0.05, 0) is 19.9 Å². The summed E-state index contributed by atoms with van der Waals surface area (Å²) < 4.78 is 1.71. The van der Waals surface area contributed by atoms with Crippen molar-refractivity contribution < 1.29 is 9.90 Å². The summed E-state index contributed by atoms with van der Waals surface area (Å²) in [4.78, 5) is 12.6. The number of hydrogen-bond acceptors (Lipinski definition) is 3. The van der Waals surface area contributed by atoms with Crippen LogP contribution in [0.15, 0.2) is 0 Å². The first-order valence-corrected chi connectivity index (χ1v) is 5.95. The fraction of sp³-hybridized carbons (Fsp3) is 0.636. The van der Waals surface area contributed by atoms with Crippen LogP contribution < -0.4 is 0 Å². The molecule has 5 nitrogen and oxygen atoms in total. The van der Waals surface area contributed by atoms with Crippen molar-refractivity contribution in [1.29, 1.82) is 0 Å². The maximum Gasteiger partial charge on any atom is 0.317 e. The molecule has 0 amide bonds. The van der Waals surface area contributed by atoms with Crippen LogP contribution in [0.1, 0.15) is 24.7 Å². The van der Waals surface area contributed by atoms with Crippen LogP contribution in [-0.4, -0.2) is 38.8 Å². The van der Waals surface area contributed by atoms with E-state index in [-0.39, 0.29) is 6.54 Å². The van der Waals surface area contributed by atoms with Crippen molar-refractivity contribution >= 4 is 17.6 Å². The first kappa shape index (κ1) is 14.0. The molecule has 1 heterocycles. The fourth-order valence-corrected chi connectivity index (χ4v) is 2.01. The molecule has 6 heteroatoms. The Morgan fingerprint density at radius 1 is 1.59 bits per heavy atom. The Hall–Kier alpha value is -1.07. The number of nitrogens with zero attached hydrogens (tertiary/aromatic N) is 3. The maximum atomic E-state index is 10.8. The van der Waals surface area contributed by atoms with Gasteiger partial charge in [0.05, 0.1) is 23.0 Å². The highest BCUT2D eigenvalue weighted by Gasteiger charge is 2.16. The van der Waals surface area contributed by atoms with E-state index in [1.54, 1.807) is 4.68 Å². The Morgan fingerprint density at radius 2 is 2.24 bits per heavy atom. The van der Waals surface area contributed by atoms with Crippen molar-refractivity contribution in [3.05, 3.63) is 16.4 Å². The van der Waals surface area contributed by atoms with Gasteiger partial charge >= 0.3 is 5.97 Å². The van der Waals surface area contributed by atoms with Crippen molar-refractivity contribution in [2.24, 2.45) is 7.05 Å². The van der Waals surface area contributed by atoms with Gasteiger partial charge in [-0.25, -0.2) is 0 Å². The molecule has 1 aromatic rings. The highest BCUT2D eigenvalue weighted by atomic mass is 35.5. The lowest BCUT2D eigenvalue weighted by molar-refractivity contribution is -0.138. The molecule has 0 saturated heterocycles. The summed E-state index contributed by atoms with van der Waals surface area (Å²) in [7, 11) is 1.82. The average molecular weight is 260 g/mol. The molecule has 1 N–H and O–H groups in total. The molecule has 0 aromatic carbocycles. The lowest BCUT2D eigenvalue weighted by atomic mass is 10.3. The maximum absolute atomic E-state index is 10.8. The molecule has 0 aliphatic rings. The topological polar surface area (TPSA) is 58.4 Å². The summed E-state index contributed by atoms with van der Waals surface area (Å²) in [6.07, 6.45) is 0.904. The number of aryl methyl sites for hydroxylation is 2. The van der Waals surface area contributed by atoms with Crippen molar-refractivity contribution in [2.75, 3.05) is 13.1 Å². The van der Waals surface area contributed by atoms with Gasteiger partial charge in [0.1, 0.15) is 0 Å². The standard InChI is InChI=1S/C11H18ClN3O2/c1-4-5-15(7-10(16)17)6-9-11(12)8(2)13-14(9)3/h4-7H2,1-3H3,(H,16,17). The van der Waals surface area contributed by atoms with E-state index < -0.39 is 5.97 Å². The SMILES string of the molecule is CCCN(CC(=O)O)Cc1c(Cl)c(C)nn1C. The summed E-state index contributed by atoms with van der Waals surface area (Å²) in [6, 6.07) is 0. The van der Waals surface area contributed by atoms with Crippen LogP contribution >= 0.6 is 11.6 Å². The Kier molecular flexibility index (Phi) is 4.96. The number of halogens is 1. The number of rotatable bonds is 6. The largest absolute Gasteiger partial charge is 0.480 e. The predicted molar refractivity (Wildman–Crippen MR) is 66.2 cm³/mol. The first-order chi connectivity index (χ1) is 7.95. The van der Waals surface area contributed by atoms with Crippen molar-refractivity contribution in [3.8, 4) is 0 Å². The van der Waals surface area contributed by atoms with E-state index in [2.05, 4.69) is 5.10 Å². The second-order valence-corrected chi connectivity index (χ2v) is 4.45. The van der Waals surface area contributed by atoms with Crippen LogP contribution in [0.3, 0.4) is 0 Å². The molecular weight excluding hydrogens is 242 g/mol. The molecule has 0 bridgehead atoms. The van der Waals surface area contributed by atoms with Gasteiger partial charge in [0.2, 0.25) is 0 Å². The number of aliphatic carboxylic acids is 1. The Morgan fingerprint density at radius 3 is 2.65 bits per heavy atom. The molecule has 0 fully saturated rings. The lowest BCUT2D eigenvalue weighted by Gasteiger charge is -2.19. The fourth-order valence-electron chi connectivity index (χ4n) is 1.79. The van der Waals surface area contributed by atoms with Gasteiger partial charge in [-0.15, -0.1) is 0 Å². The van der Waals surface area contributed by atoms with Gasteiger partial charge in [-0.2, -0.15) is 5.10 Å². The molecule has 0 aliphatic heterocycles. The number of carbonyl (C=O) groups is 1. The van der Waals surface area contributed by atoms with Gasteiger partial charge in [0, 0.05) is 13.6 Å². The number of aromatic nitrogens is 2. The minimum Gasteiger partial charge on any atom is -0.480 e. The summed E-state index contributed by atoms with van der Waals surface area (Å²) in [5.74, 6) is -0.825. The van der Waals surface area contributed by atoms with E-state index in [0.29, 0.717) is 11.6 Å². The van der Waals surface area contributed by atoms with Crippen LogP contribution in [0.5, 0.6) is 0 Å². The van der Waals surface area contributed by atoms with E-state index >= 15 is 0 Å². The van der Waals surface area contributed by atoms with Crippen molar-refractivity contribution in [2.45, 2.75) is 26.8 Å². The van der Waals surface area contributed by atoms with Crippen LogP contribution in [0.25, 0.3) is 0 Å². The van der Waals surface area contributed by atoms with Gasteiger partial charge in [0.15, 0.2) is 0 Å². The van der Waals surface area contributed by atoms with Gasteiger partial charge in [-0.1, -0.05) is 18.5 Å². The molecule has 0 spiro atoms. The van der Waals surface area contributed by atoms with E-state index in [1.165, 1.54) is 0 Å². The van der Waals surface area contributed by atoms with Crippen molar-refractivity contribution in [1.82, 2.24) is 14.7 Å². The molecule has 0 atom stereocenters. The zero-order valence-electron chi connectivity index (χ0n) is 10.4. The number of carboxylic acids is 1. The summed E-state index contributed by atoms with van der Waals surface area (Å²) in [5, 5.41) is 13.7. The molecule has 0 unspecified atom stereocenters. The second kappa shape index (κ2) is 6.02. The highest BCUT2D eigenvalue weighted by Crippen LogP contribution is 2.20. The van der Waals surface area contributed by atoms with Gasteiger partial charge in [-0.3, -0.25) is 14.4 Å². The molecule has 0 saturated carbocycles. The Balaban J connectivity index is 2.81. The zero-order chi connectivity index (χ0) is 13.0.